The maximum atomic E-state index is 11.0. The van der Waals surface area contributed by atoms with Gasteiger partial charge in [-0.15, -0.1) is 0 Å². The Morgan fingerprint density at radius 1 is 1.77 bits per heavy atom. The van der Waals surface area contributed by atoms with Crippen LogP contribution in [-0.4, -0.2) is 15.8 Å². The van der Waals surface area contributed by atoms with E-state index in [2.05, 4.69) is 5.32 Å². The van der Waals surface area contributed by atoms with Gasteiger partial charge in [0.2, 0.25) is 5.91 Å². The third kappa shape index (κ3) is 2.55. The van der Waals surface area contributed by atoms with Gasteiger partial charge < -0.3 is 10.5 Å². The Bertz CT molecular complexity index is 373. The highest BCUT2D eigenvalue weighted by atomic mass is 32.1. The summed E-state index contributed by atoms with van der Waals surface area (Å²) < 4.78 is 1.07. The van der Waals surface area contributed by atoms with E-state index in [1.54, 1.807) is 13.0 Å². The summed E-state index contributed by atoms with van der Waals surface area (Å²) in [5.74, 6) is -0.0786. The standard InChI is InChI=1S/C8H10N2O2S/c1-2-7(11)9-6-3-4-10(12)8(13)5-6/h3-5,12H,2H2,1H3,(H,9,11). The van der Waals surface area contributed by atoms with E-state index in [-0.39, 0.29) is 10.5 Å². The van der Waals surface area contributed by atoms with Crippen LogP contribution in [0.25, 0.3) is 0 Å². The van der Waals surface area contributed by atoms with E-state index >= 15 is 0 Å². The lowest BCUT2D eigenvalue weighted by molar-refractivity contribution is -0.115. The van der Waals surface area contributed by atoms with Gasteiger partial charge in [0.05, 0.1) is 0 Å². The van der Waals surface area contributed by atoms with E-state index in [1.807, 2.05) is 0 Å². The summed E-state index contributed by atoms with van der Waals surface area (Å²) in [6, 6.07) is 3.09. The molecule has 2 N–H and O–H groups in total. The van der Waals surface area contributed by atoms with Gasteiger partial charge in [0.25, 0.3) is 0 Å². The van der Waals surface area contributed by atoms with Crippen molar-refractivity contribution in [3.63, 3.8) is 0 Å². The molecule has 0 aliphatic rings. The Labute approximate surface area is 80.8 Å². The molecule has 0 aliphatic heterocycles. The van der Waals surface area contributed by atoms with E-state index in [0.717, 1.165) is 4.73 Å². The van der Waals surface area contributed by atoms with Crippen molar-refractivity contribution in [1.82, 2.24) is 4.73 Å². The highest BCUT2D eigenvalue weighted by molar-refractivity contribution is 7.71. The molecule has 0 saturated carbocycles. The van der Waals surface area contributed by atoms with Gasteiger partial charge in [0.15, 0.2) is 0 Å². The number of hydrogen-bond donors (Lipinski definition) is 2. The van der Waals surface area contributed by atoms with Crippen molar-refractivity contribution in [3.8, 4) is 0 Å². The van der Waals surface area contributed by atoms with E-state index in [9.17, 15) is 4.79 Å². The first-order valence-corrected chi connectivity index (χ1v) is 4.26. The average molecular weight is 198 g/mol. The zero-order chi connectivity index (χ0) is 9.84. The van der Waals surface area contributed by atoms with Crippen LogP contribution in [0.5, 0.6) is 0 Å². The molecule has 1 aromatic heterocycles. The second-order valence-corrected chi connectivity index (χ2v) is 2.92. The van der Waals surface area contributed by atoms with Gasteiger partial charge in [-0.3, -0.25) is 4.79 Å². The lowest BCUT2D eigenvalue weighted by atomic mass is 10.4. The molecule has 1 heterocycles. The molecule has 0 spiro atoms. The van der Waals surface area contributed by atoms with Crippen molar-refractivity contribution in [2.24, 2.45) is 0 Å². The Hall–Kier alpha value is -1.36. The molecule has 1 rings (SSSR count). The Balaban J connectivity index is 2.86. The molecule has 70 valence electrons. The van der Waals surface area contributed by atoms with Crippen LogP contribution < -0.4 is 5.32 Å². The topological polar surface area (TPSA) is 54.3 Å². The van der Waals surface area contributed by atoms with Crippen LogP contribution in [0.4, 0.5) is 5.69 Å². The fourth-order valence-corrected chi connectivity index (χ4v) is 0.987. The number of aromatic nitrogens is 1. The van der Waals surface area contributed by atoms with Crippen molar-refractivity contribution < 1.29 is 10.0 Å². The smallest absolute Gasteiger partial charge is 0.224 e. The minimum atomic E-state index is -0.0786. The second-order valence-electron chi connectivity index (χ2n) is 2.50. The molecule has 13 heavy (non-hydrogen) atoms. The van der Waals surface area contributed by atoms with Gasteiger partial charge in [-0.2, -0.15) is 4.73 Å². The Morgan fingerprint density at radius 2 is 2.46 bits per heavy atom. The van der Waals surface area contributed by atoms with Gasteiger partial charge in [-0.25, -0.2) is 0 Å². The number of anilines is 1. The quantitative estimate of drug-likeness (QED) is 0.563. The highest BCUT2D eigenvalue weighted by Crippen LogP contribution is 2.06. The first-order valence-electron chi connectivity index (χ1n) is 3.85. The van der Waals surface area contributed by atoms with Gasteiger partial charge in [0, 0.05) is 18.3 Å². The van der Waals surface area contributed by atoms with Crippen LogP contribution >= 0.6 is 12.2 Å². The minimum Gasteiger partial charge on any atom is -0.428 e. The number of nitrogens with zero attached hydrogens (tertiary/aromatic N) is 1. The van der Waals surface area contributed by atoms with E-state index in [0.29, 0.717) is 12.1 Å². The maximum absolute atomic E-state index is 11.0. The summed E-state index contributed by atoms with van der Waals surface area (Å²) in [6.45, 7) is 1.76. The zero-order valence-electron chi connectivity index (χ0n) is 7.15. The highest BCUT2D eigenvalue weighted by Gasteiger charge is 1.98. The summed E-state index contributed by atoms with van der Waals surface area (Å²) in [6.07, 6.45) is 1.80. The minimum absolute atomic E-state index is 0.0786. The number of carbonyl (C=O) groups is 1. The molecule has 4 nitrogen and oxygen atoms in total. The molecular formula is C8H10N2O2S. The molecule has 0 radical (unpaired) electrons. The number of pyridine rings is 1. The third-order valence-corrected chi connectivity index (χ3v) is 1.81. The van der Waals surface area contributed by atoms with Crippen molar-refractivity contribution in [2.45, 2.75) is 13.3 Å². The largest absolute Gasteiger partial charge is 0.428 e. The van der Waals surface area contributed by atoms with E-state index in [4.69, 9.17) is 17.4 Å². The van der Waals surface area contributed by atoms with Gasteiger partial charge in [0.1, 0.15) is 4.64 Å². The zero-order valence-corrected chi connectivity index (χ0v) is 7.97. The molecule has 0 aliphatic carbocycles. The molecule has 0 bridgehead atoms. The van der Waals surface area contributed by atoms with Crippen LogP contribution in [0.1, 0.15) is 13.3 Å². The summed E-state index contributed by atoms with van der Waals surface area (Å²) in [7, 11) is 0. The fraction of sp³-hybridized carbons (Fsp3) is 0.250. The van der Waals surface area contributed by atoms with Gasteiger partial charge in [-0.05, 0) is 12.1 Å². The van der Waals surface area contributed by atoms with Crippen LogP contribution in [-0.2, 0) is 4.79 Å². The Morgan fingerprint density at radius 3 is 3.00 bits per heavy atom. The summed E-state index contributed by atoms with van der Waals surface area (Å²) >= 11 is 4.79. The van der Waals surface area contributed by atoms with E-state index in [1.165, 1.54) is 12.3 Å². The molecule has 0 fully saturated rings. The number of hydrogen-bond acceptors (Lipinski definition) is 3. The number of nitrogens with one attached hydrogen (secondary N) is 1. The molecule has 0 atom stereocenters. The fourth-order valence-electron chi connectivity index (χ4n) is 0.799. The number of rotatable bonds is 2. The predicted octanol–water partition coefficient (Wildman–Crippen LogP) is 1.80. The summed E-state index contributed by atoms with van der Waals surface area (Å²) in [4.78, 5) is 11.0. The Kier molecular flexibility index (Phi) is 3.02. The third-order valence-electron chi connectivity index (χ3n) is 1.50. The lowest BCUT2D eigenvalue weighted by Gasteiger charge is -2.03. The normalized spacial score (nSPS) is 9.62. The summed E-state index contributed by atoms with van der Waals surface area (Å²) in [5.41, 5.74) is 0.599. The van der Waals surface area contributed by atoms with Crippen LogP contribution in [0, 0.1) is 4.64 Å². The molecule has 0 saturated heterocycles. The van der Waals surface area contributed by atoms with Gasteiger partial charge in [-0.1, -0.05) is 19.1 Å². The predicted molar refractivity (Wildman–Crippen MR) is 51.4 cm³/mol. The van der Waals surface area contributed by atoms with Gasteiger partial charge >= 0.3 is 0 Å². The molecule has 0 unspecified atom stereocenters. The SMILES string of the molecule is CCC(=O)Nc1ccn(O)c(=S)c1. The van der Waals surface area contributed by atoms with Crippen molar-refractivity contribution in [1.29, 1.82) is 0 Å². The van der Waals surface area contributed by atoms with Crippen LogP contribution in [0.15, 0.2) is 18.3 Å². The molecule has 1 aromatic rings. The maximum Gasteiger partial charge on any atom is 0.224 e. The first-order chi connectivity index (χ1) is 6.13. The van der Waals surface area contributed by atoms with Crippen molar-refractivity contribution in [2.75, 3.05) is 5.32 Å². The summed E-state index contributed by atoms with van der Waals surface area (Å²) in [5, 5.41) is 11.7. The van der Waals surface area contributed by atoms with Crippen LogP contribution in [0.2, 0.25) is 0 Å². The average Bonchev–Trinajstić information content (AvgIpc) is 2.11. The van der Waals surface area contributed by atoms with E-state index < -0.39 is 0 Å². The van der Waals surface area contributed by atoms with Crippen molar-refractivity contribution in [3.05, 3.63) is 23.0 Å². The molecular weight excluding hydrogens is 188 g/mol. The lowest BCUT2D eigenvalue weighted by Crippen LogP contribution is -2.09. The van der Waals surface area contributed by atoms with Crippen molar-refractivity contribution >= 4 is 23.8 Å². The second kappa shape index (κ2) is 4.04. The molecule has 1 amide bonds. The monoisotopic (exact) mass is 198 g/mol. The number of carbonyl (C=O) groups excluding carboxylic acids is 1. The van der Waals surface area contributed by atoms with Crippen LogP contribution in [0.3, 0.4) is 0 Å². The number of amides is 1. The first kappa shape index (κ1) is 9.73. The molecule has 5 heteroatoms. The molecule has 0 aromatic carbocycles.